The average Bonchev–Trinajstić information content (AvgIpc) is 3.95. The van der Waals surface area contributed by atoms with E-state index in [1.807, 2.05) is 24.3 Å². The zero-order valence-electron chi connectivity index (χ0n) is 36.4. The molecular weight excluding hydrogens is 861 g/mol. The van der Waals surface area contributed by atoms with Gasteiger partial charge in [0.15, 0.2) is 5.96 Å². The summed E-state index contributed by atoms with van der Waals surface area (Å²) < 4.78 is 0. The van der Waals surface area contributed by atoms with Crippen LogP contribution in [-0.4, -0.2) is 118 Å². The second-order valence-corrected chi connectivity index (χ2v) is 15.9. The van der Waals surface area contributed by atoms with Crippen molar-refractivity contribution < 1.29 is 33.6 Å². The highest BCUT2D eigenvalue weighted by molar-refractivity contribution is 5.97. The van der Waals surface area contributed by atoms with Crippen LogP contribution in [0, 0.1) is 0 Å². The monoisotopic (exact) mass is 929 g/mol. The molecule has 3 heterocycles. The van der Waals surface area contributed by atoms with Crippen LogP contribution < -0.4 is 54.4 Å². The Labute approximate surface area is 390 Å². The Morgan fingerprint density at radius 3 is 2.04 bits per heavy atom. The van der Waals surface area contributed by atoms with Gasteiger partial charge in [0, 0.05) is 61.3 Å². The van der Waals surface area contributed by atoms with Crippen molar-refractivity contribution in [1.29, 1.82) is 0 Å². The van der Waals surface area contributed by atoms with Crippen LogP contribution in [0.2, 0.25) is 0 Å². The summed E-state index contributed by atoms with van der Waals surface area (Å²) in [5.41, 5.74) is 19.6. The maximum absolute atomic E-state index is 14.5. The first-order valence-electron chi connectivity index (χ1n) is 21.7. The molecule has 6 atom stereocenters. The number of likely N-dealkylation sites (N-methyl/N-ethyl adjacent to an activating group) is 1. The molecule has 0 aliphatic carbocycles. The first-order chi connectivity index (χ1) is 31.3. The van der Waals surface area contributed by atoms with Crippen molar-refractivity contribution in [3.63, 3.8) is 0 Å². The largest absolute Gasteiger partial charge is 0.370 e. The van der Waals surface area contributed by atoms with E-state index in [2.05, 4.69) is 57.2 Å². The number of amides is 7. The molecule has 0 bridgehead atoms. The van der Waals surface area contributed by atoms with Gasteiger partial charge in [0.25, 0.3) is 0 Å². The van der Waals surface area contributed by atoms with Gasteiger partial charge in [-0.1, -0.05) is 70.3 Å². The molecule has 364 valence electrons. The van der Waals surface area contributed by atoms with Crippen molar-refractivity contribution in [2.75, 3.05) is 19.6 Å². The van der Waals surface area contributed by atoms with E-state index in [9.17, 15) is 33.6 Å². The molecule has 0 spiro atoms. The van der Waals surface area contributed by atoms with Crippen molar-refractivity contribution in [2.45, 2.75) is 116 Å². The van der Waals surface area contributed by atoms with Crippen molar-refractivity contribution >= 4 is 58.2 Å². The highest BCUT2D eigenvalue weighted by Crippen LogP contribution is 2.20. The SMILES string of the molecule is C.C.CCN[C@@H]1CC(=O)NCCCC[C@H](C(N)=O)NC(=O)[C@@H](Cc2c[nH]c3ccccc23)NC(=O)[C@@H](CCCN=C(N)N)NC(=O)[C@H](Cc2ccccc2)NC(=O)[C@@H](Cc2cnc[nH]2)NC1=O. The van der Waals surface area contributed by atoms with Gasteiger partial charge in [-0.15, -0.1) is 0 Å². The average molecular weight is 929 g/mol. The van der Waals surface area contributed by atoms with E-state index in [0.29, 0.717) is 36.2 Å². The number of nitrogens with zero attached hydrogens (tertiary/aromatic N) is 2. The zero-order valence-corrected chi connectivity index (χ0v) is 36.4. The summed E-state index contributed by atoms with van der Waals surface area (Å²) in [6.07, 6.45) is 5.40. The number of nitrogens with one attached hydrogen (secondary N) is 9. The lowest BCUT2D eigenvalue weighted by atomic mass is 10.0. The quantitative estimate of drug-likeness (QED) is 0.0474. The van der Waals surface area contributed by atoms with Crippen molar-refractivity contribution in [3.8, 4) is 0 Å². The number of nitrogens with two attached hydrogens (primary N) is 3. The molecule has 67 heavy (non-hydrogen) atoms. The smallest absolute Gasteiger partial charge is 0.243 e. The van der Waals surface area contributed by atoms with E-state index < -0.39 is 77.6 Å². The summed E-state index contributed by atoms with van der Waals surface area (Å²) in [4.78, 5) is 111. The summed E-state index contributed by atoms with van der Waals surface area (Å²) in [7, 11) is 0. The van der Waals surface area contributed by atoms with Crippen molar-refractivity contribution in [2.24, 2.45) is 22.2 Å². The first-order valence-corrected chi connectivity index (χ1v) is 21.7. The van der Waals surface area contributed by atoms with Crippen LogP contribution in [0.5, 0.6) is 0 Å². The van der Waals surface area contributed by atoms with Crippen LogP contribution in [0.15, 0.2) is 78.3 Å². The second-order valence-electron chi connectivity index (χ2n) is 15.9. The molecular formula is C46H68N14O7. The van der Waals surface area contributed by atoms with E-state index in [0.717, 1.165) is 10.9 Å². The van der Waals surface area contributed by atoms with E-state index in [1.54, 1.807) is 43.5 Å². The van der Waals surface area contributed by atoms with Crippen LogP contribution in [0.3, 0.4) is 0 Å². The third-order valence-electron chi connectivity index (χ3n) is 10.9. The Balaban J connectivity index is 0.00000595. The number of imidazole rings is 1. The number of H-pyrrole nitrogens is 2. The molecule has 1 saturated heterocycles. The molecule has 7 amide bonds. The topological polar surface area (TPSA) is 339 Å². The number of para-hydroxylation sites is 1. The number of aromatic nitrogens is 3. The number of aliphatic imine (C=N–C) groups is 1. The van der Waals surface area contributed by atoms with Gasteiger partial charge in [0.05, 0.1) is 18.8 Å². The van der Waals surface area contributed by atoms with Gasteiger partial charge in [-0.3, -0.25) is 38.6 Å². The second kappa shape index (κ2) is 27.2. The predicted octanol–water partition coefficient (Wildman–Crippen LogP) is -0.178. The minimum atomic E-state index is -1.29. The highest BCUT2D eigenvalue weighted by atomic mass is 16.2. The number of benzene rings is 2. The van der Waals surface area contributed by atoms with E-state index >= 15 is 0 Å². The fraction of sp³-hybridized carbons (Fsp3) is 0.457. The number of primary amides is 1. The van der Waals surface area contributed by atoms with Crippen molar-refractivity contribution in [1.82, 2.24) is 52.2 Å². The van der Waals surface area contributed by atoms with Gasteiger partial charge in [-0.2, -0.15) is 0 Å². The molecule has 21 nitrogen and oxygen atoms in total. The van der Waals surface area contributed by atoms with Gasteiger partial charge < -0.3 is 64.4 Å². The number of fused-ring (bicyclic) bond motifs is 1. The molecule has 1 fully saturated rings. The molecule has 1 aliphatic rings. The van der Waals surface area contributed by atoms with E-state index in [1.165, 1.54) is 12.5 Å². The molecule has 0 saturated carbocycles. The molecule has 21 heteroatoms. The maximum atomic E-state index is 14.5. The van der Waals surface area contributed by atoms with Crippen LogP contribution >= 0.6 is 0 Å². The van der Waals surface area contributed by atoms with Gasteiger partial charge >= 0.3 is 0 Å². The Bertz CT molecular complexity index is 2260. The lowest BCUT2D eigenvalue weighted by molar-refractivity contribution is -0.135. The molecule has 4 aromatic rings. The molecule has 2 aromatic carbocycles. The summed E-state index contributed by atoms with van der Waals surface area (Å²) in [5.74, 6) is -4.96. The summed E-state index contributed by atoms with van der Waals surface area (Å²) in [6, 6.07) is 9.03. The summed E-state index contributed by atoms with van der Waals surface area (Å²) in [5, 5.41) is 20.5. The first kappa shape index (κ1) is 54.0. The molecule has 5 rings (SSSR count). The van der Waals surface area contributed by atoms with Gasteiger partial charge in [-0.05, 0) is 55.8 Å². The maximum Gasteiger partial charge on any atom is 0.243 e. The minimum Gasteiger partial charge on any atom is -0.370 e. The third kappa shape index (κ3) is 16.9. The Kier molecular flexibility index (Phi) is 22.0. The Morgan fingerprint density at radius 1 is 0.746 bits per heavy atom. The van der Waals surface area contributed by atoms with Crippen molar-refractivity contribution in [3.05, 3.63) is 90.1 Å². The van der Waals surface area contributed by atoms with E-state index in [4.69, 9.17) is 17.2 Å². The molecule has 1 aliphatic heterocycles. The number of carbonyl (C=O) groups is 7. The van der Waals surface area contributed by atoms with Gasteiger partial charge in [-0.25, -0.2) is 4.98 Å². The number of rotatable bonds is 13. The van der Waals surface area contributed by atoms with Gasteiger partial charge in [0.2, 0.25) is 41.4 Å². The zero-order chi connectivity index (χ0) is 46.7. The van der Waals surface area contributed by atoms with E-state index in [-0.39, 0.29) is 78.8 Å². The fourth-order valence-corrected chi connectivity index (χ4v) is 7.50. The van der Waals surface area contributed by atoms with Crippen LogP contribution in [0.4, 0.5) is 0 Å². The lowest BCUT2D eigenvalue weighted by Crippen LogP contribution is -2.60. The third-order valence-corrected chi connectivity index (χ3v) is 10.9. The van der Waals surface area contributed by atoms with Gasteiger partial charge in [0.1, 0.15) is 30.2 Å². The fourth-order valence-electron chi connectivity index (χ4n) is 7.50. The molecule has 2 aromatic heterocycles. The van der Waals surface area contributed by atoms with Crippen LogP contribution in [0.25, 0.3) is 10.9 Å². The number of carbonyl (C=O) groups excluding carboxylic acids is 7. The standard InChI is InChI=1S/C44H60N14O7.2CH4/c1-2-49-33-22-37(59)50-17-9-8-15-31(38(45)60)54-42(64)35(20-27-23-52-30-14-7-6-13-29(27)30)57-39(61)32(16-10-18-51-44(46)47)55-41(63)34(19-26-11-4-3-5-12-26)56-43(65)36(58-40(33)62)21-28-24-48-25-53-28;;/h3-7,11-14,23-25,31-36,49,52H,2,8-10,15-22H2,1H3,(H2,45,60)(H,48,53)(H,50,59)(H,54,64)(H,55,63)(H,56,65)(H,57,61)(H,58,62)(H4,46,47,51);2*1H4/t31-,32-,33-,34+,35-,36-;;/m1../s1. The Morgan fingerprint density at radius 2 is 1.37 bits per heavy atom. The number of aromatic amines is 2. The van der Waals surface area contributed by atoms with Crippen LogP contribution in [0.1, 0.15) is 77.1 Å². The Hall–Kier alpha value is -7.29. The highest BCUT2D eigenvalue weighted by Gasteiger charge is 2.34. The lowest BCUT2D eigenvalue weighted by Gasteiger charge is -2.27. The van der Waals surface area contributed by atoms with Crippen LogP contribution in [-0.2, 0) is 52.8 Å². The minimum absolute atomic E-state index is 0. The summed E-state index contributed by atoms with van der Waals surface area (Å²) in [6.45, 7) is 2.39. The molecule has 15 N–H and O–H groups in total. The number of hydrogen-bond donors (Lipinski definition) is 12. The number of hydrogen-bond acceptors (Lipinski definition) is 10. The predicted molar refractivity (Wildman–Crippen MR) is 256 cm³/mol. The molecule has 0 radical (unpaired) electrons. The number of guanidine groups is 1. The summed E-state index contributed by atoms with van der Waals surface area (Å²) >= 11 is 0. The molecule has 0 unspecified atom stereocenters. The normalized spacial score (nSPS) is 21.7.